The van der Waals surface area contributed by atoms with Gasteiger partial charge in [-0.3, -0.25) is 0 Å². The molecule has 0 spiro atoms. The molecule has 0 N–H and O–H groups in total. The number of allylic oxidation sites excluding steroid dienone is 4. The summed E-state index contributed by atoms with van der Waals surface area (Å²) in [6, 6.07) is 0. The molecule has 0 aromatic heterocycles. The molecule has 0 fully saturated rings. The van der Waals surface area contributed by atoms with Crippen molar-refractivity contribution in [3.8, 4) is 0 Å². The van der Waals surface area contributed by atoms with Crippen LogP contribution in [0.2, 0.25) is 0 Å². The minimum Gasteiger partial charge on any atom is -0.175 e. The van der Waals surface area contributed by atoms with Crippen molar-refractivity contribution in [1.82, 2.24) is 0 Å². The maximum absolute atomic E-state index is 4.01. The Hall–Kier alpha value is 0.300. The SMILES string of the molecule is SC/C=C/C=C\C=C/I. The van der Waals surface area contributed by atoms with E-state index >= 15 is 0 Å². The smallest absolute Gasteiger partial charge is 0.00856 e. The van der Waals surface area contributed by atoms with E-state index in [1.54, 1.807) is 0 Å². The standard InChI is InChI=1S/C7H9IS/c8-6-4-2-1-3-5-7-9/h1-6,9H,7H2/b2-1-,5-3+,6-4-. The average Bonchev–Trinajstić information content (AvgIpc) is 1.89. The molecule has 50 valence electrons. The van der Waals surface area contributed by atoms with Crippen molar-refractivity contribution < 1.29 is 0 Å². The molecule has 0 aliphatic rings. The van der Waals surface area contributed by atoms with Crippen molar-refractivity contribution in [1.29, 1.82) is 0 Å². The summed E-state index contributed by atoms with van der Waals surface area (Å²) in [7, 11) is 0. The molecule has 0 aliphatic carbocycles. The number of hydrogen-bond acceptors (Lipinski definition) is 1. The third kappa shape index (κ3) is 8.30. The first-order valence-electron chi connectivity index (χ1n) is 2.61. The highest BCUT2D eigenvalue weighted by atomic mass is 127. The third-order valence-electron chi connectivity index (χ3n) is 0.648. The van der Waals surface area contributed by atoms with Gasteiger partial charge in [0.1, 0.15) is 0 Å². The molecule has 0 unspecified atom stereocenters. The molecule has 0 radical (unpaired) electrons. The normalized spacial score (nSPS) is 12.7. The summed E-state index contributed by atoms with van der Waals surface area (Å²) in [4.78, 5) is 0. The van der Waals surface area contributed by atoms with E-state index in [9.17, 15) is 0 Å². The van der Waals surface area contributed by atoms with Gasteiger partial charge in [0.2, 0.25) is 0 Å². The van der Waals surface area contributed by atoms with Gasteiger partial charge in [-0.2, -0.15) is 12.6 Å². The van der Waals surface area contributed by atoms with E-state index in [-0.39, 0.29) is 0 Å². The zero-order valence-electron chi connectivity index (χ0n) is 5.00. The average molecular weight is 252 g/mol. The molecule has 0 aromatic carbocycles. The second-order valence-electron chi connectivity index (χ2n) is 1.31. The monoisotopic (exact) mass is 252 g/mol. The Morgan fingerprint density at radius 3 is 2.33 bits per heavy atom. The van der Waals surface area contributed by atoms with Crippen LogP contribution < -0.4 is 0 Å². The van der Waals surface area contributed by atoms with Crippen LogP contribution in [0, 0.1) is 0 Å². The highest BCUT2D eigenvalue weighted by Gasteiger charge is 1.61. The first kappa shape index (κ1) is 9.30. The number of hydrogen-bond donors (Lipinski definition) is 1. The second kappa shape index (κ2) is 8.30. The summed E-state index contributed by atoms with van der Waals surface area (Å²) in [5.41, 5.74) is 0. The first-order valence-corrected chi connectivity index (χ1v) is 4.49. The van der Waals surface area contributed by atoms with Gasteiger partial charge in [-0.25, -0.2) is 0 Å². The van der Waals surface area contributed by atoms with Crippen molar-refractivity contribution in [2.24, 2.45) is 0 Å². The lowest BCUT2D eigenvalue weighted by Crippen LogP contribution is -1.55. The fourth-order valence-electron chi connectivity index (χ4n) is 0.310. The molecule has 0 nitrogen and oxygen atoms in total. The van der Waals surface area contributed by atoms with E-state index in [0.717, 1.165) is 5.75 Å². The highest BCUT2D eigenvalue weighted by Crippen LogP contribution is 1.85. The zero-order chi connectivity index (χ0) is 6.95. The number of thiol groups is 1. The minimum atomic E-state index is 0.804. The summed E-state index contributed by atoms with van der Waals surface area (Å²) in [5.74, 6) is 0.804. The van der Waals surface area contributed by atoms with E-state index in [2.05, 4.69) is 35.2 Å². The quantitative estimate of drug-likeness (QED) is 0.445. The van der Waals surface area contributed by atoms with Crippen LogP contribution in [-0.4, -0.2) is 5.75 Å². The fourth-order valence-corrected chi connectivity index (χ4v) is 0.671. The van der Waals surface area contributed by atoms with Crippen LogP contribution in [0.4, 0.5) is 0 Å². The van der Waals surface area contributed by atoms with E-state index in [1.165, 1.54) is 0 Å². The Balaban J connectivity index is 3.35. The van der Waals surface area contributed by atoms with E-state index in [1.807, 2.05) is 34.5 Å². The lowest BCUT2D eigenvalue weighted by molar-refractivity contribution is 1.77. The molecule has 0 aliphatic heterocycles. The van der Waals surface area contributed by atoms with Crippen LogP contribution in [-0.2, 0) is 0 Å². The Kier molecular flexibility index (Phi) is 8.58. The van der Waals surface area contributed by atoms with Gasteiger partial charge >= 0.3 is 0 Å². The van der Waals surface area contributed by atoms with Gasteiger partial charge < -0.3 is 0 Å². The summed E-state index contributed by atoms with van der Waals surface area (Å²) >= 11 is 6.18. The van der Waals surface area contributed by atoms with Crippen molar-refractivity contribution in [3.05, 3.63) is 34.5 Å². The number of halogens is 1. The maximum Gasteiger partial charge on any atom is 0.00856 e. The molecule has 0 aromatic rings. The topological polar surface area (TPSA) is 0 Å². The van der Waals surface area contributed by atoms with Crippen molar-refractivity contribution in [3.63, 3.8) is 0 Å². The van der Waals surface area contributed by atoms with Crippen LogP contribution in [0.3, 0.4) is 0 Å². The van der Waals surface area contributed by atoms with Crippen LogP contribution in [0.1, 0.15) is 0 Å². The molecule has 2 heteroatoms. The molecule has 9 heavy (non-hydrogen) atoms. The zero-order valence-corrected chi connectivity index (χ0v) is 8.05. The molecule has 0 rings (SSSR count). The lowest BCUT2D eigenvalue weighted by Gasteiger charge is -1.72. The second-order valence-corrected chi connectivity index (χ2v) is 2.40. The largest absolute Gasteiger partial charge is 0.175 e. The first-order chi connectivity index (χ1) is 4.41. The Morgan fingerprint density at radius 1 is 1.11 bits per heavy atom. The molecule has 0 heterocycles. The summed E-state index contributed by atoms with van der Waals surface area (Å²) < 4.78 is 1.96. The van der Waals surface area contributed by atoms with Crippen molar-refractivity contribution in [2.75, 3.05) is 5.75 Å². The van der Waals surface area contributed by atoms with Gasteiger partial charge in [0, 0.05) is 5.75 Å². The lowest BCUT2D eigenvalue weighted by atomic mass is 10.4. The van der Waals surface area contributed by atoms with Gasteiger partial charge in [-0.15, -0.1) is 0 Å². The Bertz CT molecular complexity index is 125. The molecule has 0 amide bonds. The van der Waals surface area contributed by atoms with Crippen LogP contribution in [0.5, 0.6) is 0 Å². The molecule has 0 saturated heterocycles. The molecule has 0 bridgehead atoms. The van der Waals surface area contributed by atoms with Crippen molar-refractivity contribution >= 4 is 35.2 Å². The van der Waals surface area contributed by atoms with Gasteiger partial charge in [-0.1, -0.05) is 53.0 Å². The molecule has 0 saturated carbocycles. The summed E-state index contributed by atoms with van der Waals surface area (Å²) in [5, 5.41) is 0. The predicted octanol–water partition coefficient (Wildman–Crippen LogP) is 2.98. The summed E-state index contributed by atoms with van der Waals surface area (Å²) in [6.07, 6.45) is 9.89. The minimum absolute atomic E-state index is 0.804. The van der Waals surface area contributed by atoms with Gasteiger partial charge in [-0.05, 0) is 4.08 Å². The van der Waals surface area contributed by atoms with Crippen LogP contribution >= 0.6 is 35.2 Å². The van der Waals surface area contributed by atoms with Crippen molar-refractivity contribution in [2.45, 2.75) is 0 Å². The van der Waals surface area contributed by atoms with Gasteiger partial charge in [0.15, 0.2) is 0 Å². The Morgan fingerprint density at radius 2 is 1.78 bits per heavy atom. The predicted molar refractivity (Wildman–Crippen MR) is 55.3 cm³/mol. The fraction of sp³-hybridized carbons (Fsp3) is 0.143. The van der Waals surface area contributed by atoms with E-state index in [0.29, 0.717) is 0 Å². The number of rotatable bonds is 3. The highest BCUT2D eigenvalue weighted by molar-refractivity contribution is 14.1. The maximum atomic E-state index is 4.01. The Labute approximate surface area is 75.3 Å². The molecule has 0 atom stereocenters. The van der Waals surface area contributed by atoms with E-state index < -0.39 is 0 Å². The van der Waals surface area contributed by atoms with E-state index in [4.69, 9.17) is 0 Å². The van der Waals surface area contributed by atoms with Crippen LogP contribution in [0.15, 0.2) is 34.5 Å². The third-order valence-corrected chi connectivity index (χ3v) is 1.27. The summed E-state index contributed by atoms with van der Waals surface area (Å²) in [6.45, 7) is 0. The van der Waals surface area contributed by atoms with Gasteiger partial charge in [0.05, 0.1) is 0 Å². The van der Waals surface area contributed by atoms with Gasteiger partial charge in [0.25, 0.3) is 0 Å². The van der Waals surface area contributed by atoms with Crippen LogP contribution in [0.25, 0.3) is 0 Å². The molecular formula is C7H9IS. The molecular weight excluding hydrogens is 243 g/mol.